The van der Waals surface area contributed by atoms with Crippen LogP contribution in [-0.4, -0.2) is 18.7 Å². The summed E-state index contributed by atoms with van der Waals surface area (Å²) >= 11 is 0. The molecule has 0 fully saturated rings. The Balaban J connectivity index is 2.04. The van der Waals surface area contributed by atoms with Crippen molar-refractivity contribution >= 4 is 11.6 Å². The number of rotatable bonds is 4. The minimum Gasteiger partial charge on any atom is -0.454 e. The second kappa shape index (κ2) is 4.88. The van der Waals surface area contributed by atoms with Crippen molar-refractivity contribution in [2.24, 2.45) is 5.73 Å². The van der Waals surface area contributed by atoms with Gasteiger partial charge in [0.15, 0.2) is 11.5 Å². The van der Waals surface area contributed by atoms with Crippen molar-refractivity contribution in [3.63, 3.8) is 0 Å². The van der Waals surface area contributed by atoms with Crippen molar-refractivity contribution in [2.45, 2.75) is 12.5 Å². The molecule has 1 amide bonds. The molecule has 1 aliphatic heterocycles. The molecule has 0 radical (unpaired) electrons. The summed E-state index contributed by atoms with van der Waals surface area (Å²) in [4.78, 5) is 11.6. The Bertz CT molecular complexity index is 445. The second-order valence-corrected chi connectivity index (χ2v) is 3.69. The van der Waals surface area contributed by atoms with Crippen molar-refractivity contribution in [2.75, 3.05) is 12.1 Å². The molecule has 2 rings (SSSR count). The van der Waals surface area contributed by atoms with Gasteiger partial charge in [0.05, 0.1) is 6.04 Å². The number of hydrogen-bond acceptors (Lipinski definition) is 4. The zero-order valence-electron chi connectivity index (χ0n) is 9.31. The van der Waals surface area contributed by atoms with E-state index in [4.69, 9.17) is 15.2 Å². The van der Waals surface area contributed by atoms with Gasteiger partial charge < -0.3 is 20.5 Å². The van der Waals surface area contributed by atoms with Crippen LogP contribution in [0.5, 0.6) is 11.5 Å². The quantitative estimate of drug-likeness (QED) is 0.769. The smallest absolute Gasteiger partial charge is 0.241 e. The molecule has 1 aliphatic rings. The van der Waals surface area contributed by atoms with E-state index in [1.165, 1.54) is 0 Å². The third-order valence-corrected chi connectivity index (χ3v) is 2.40. The van der Waals surface area contributed by atoms with Crippen LogP contribution in [0.3, 0.4) is 0 Å². The first-order valence-corrected chi connectivity index (χ1v) is 5.27. The van der Waals surface area contributed by atoms with E-state index in [1.54, 1.807) is 24.3 Å². The van der Waals surface area contributed by atoms with Gasteiger partial charge in [-0.25, -0.2) is 0 Å². The van der Waals surface area contributed by atoms with Crippen molar-refractivity contribution < 1.29 is 14.3 Å². The number of carbonyl (C=O) groups is 1. The first-order chi connectivity index (χ1) is 8.20. The molecule has 1 unspecified atom stereocenters. The number of anilines is 1. The molecule has 0 aliphatic carbocycles. The molecule has 1 aromatic rings. The number of nitrogens with one attached hydrogen (secondary N) is 1. The fourth-order valence-electron chi connectivity index (χ4n) is 1.50. The van der Waals surface area contributed by atoms with Crippen molar-refractivity contribution in [1.82, 2.24) is 0 Å². The standard InChI is InChI=1S/C12H14N2O3/c1-2-3-9(13)12(15)14-8-4-5-10-11(6-8)17-7-16-10/h2,4-6,9H,1,3,7,13H2,(H,14,15). The molecule has 0 saturated heterocycles. The maximum absolute atomic E-state index is 11.6. The van der Waals surface area contributed by atoms with E-state index in [1.807, 2.05) is 0 Å². The highest BCUT2D eigenvalue weighted by atomic mass is 16.7. The lowest BCUT2D eigenvalue weighted by molar-refractivity contribution is -0.117. The van der Waals surface area contributed by atoms with E-state index >= 15 is 0 Å². The fraction of sp³-hybridized carbons (Fsp3) is 0.250. The topological polar surface area (TPSA) is 73.6 Å². The zero-order chi connectivity index (χ0) is 12.3. The largest absolute Gasteiger partial charge is 0.454 e. The third kappa shape index (κ3) is 2.57. The lowest BCUT2D eigenvalue weighted by Gasteiger charge is -2.10. The molecular weight excluding hydrogens is 220 g/mol. The van der Waals surface area contributed by atoms with Crippen LogP contribution in [0.2, 0.25) is 0 Å². The lowest BCUT2D eigenvalue weighted by atomic mass is 10.2. The Hall–Kier alpha value is -2.01. The second-order valence-electron chi connectivity index (χ2n) is 3.69. The number of carbonyl (C=O) groups excluding carboxylic acids is 1. The molecule has 0 aromatic heterocycles. The van der Waals surface area contributed by atoms with E-state index < -0.39 is 6.04 Å². The number of amides is 1. The highest BCUT2D eigenvalue weighted by Crippen LogP contribution is 2.34. The highest BCUT2D eigenvalue weighted by molar-refractivity contribution is 5.95. The van der Waals surface area contributed by atoms with Crippen LogP contribution in [0.1, 0.15) is 6.42 Å². The van der Waals surface area contributed by atoms with Gasteiger partial charge in [0.25, 0.3) is 0 Å². The molecule has 1 aromatic carbocycles. The summed E-state index contributed by atoms with van der Waals surface area (Å²) in [5, 5.41) is 2.71. The van der Waals surface area contributed by atoms with Gasteiger partial charge >= 0.3 is 0 Å². The molecule has 1 heterocycles. The van der Waals surface area contributed by atoms with Crippen LogP contribution < -0.4 is 20.5 Å². The van der Waals surface area contributed by atoms with Gasteiger partial charge in [-0.05, 0) is 18.6 Å². The Labute approximate surface area is 99.2 Å². The Morgan fingerprint density at radius 3 is 3.06 bits per heavy atom. The number of nitrogens with two attached hydrogens (primary N) is 1. The van der Waals surface area contributed by atoms with Crippen LogP contribution in [0.15, 0.2) is 30.9 Å². The van der Waals surface area contributed by atoms with Gasteiger partial charge in [-0.3, -0.25) is 4.79 Å². The summed E-state index contributed by atoms with van der Waals surface area (Å²) in [5.41, 5.74) is 6.29. The number of fused-ring (bicyclic) bond motifs is 1. The summed E-state index contributed by atoms with van der Waals surface area (Å²) < 4.78 is 10.4. The zero-order valence-corrected chi connectivity index (χ0v) is 9.31. The summed E-state index contributed by atoms with van der Waals surface area (Å²) in [6, 6.07) is 4.61. The van der Waals surface area contributed by atoms with Crippen LogP contribution in [0.4, 0.5) is 5.69 Å². The van der Waals surface area contributed by atoms with Crippen LogP contribution in [-0.2, 0) is 4.79 Å². The van der Waals surface area contributed by atoms with E-state index in [2.05, 4.69) is 11.9 Å². The molecule has 0 bridgehead atoms. The average Bonchev–Trinajstić information content (AvgIpc) is 2.76. The molecule has 5 heteroatoms. The number of ether oxygens (including phenoxy) is 2. The van der Waals surface area contributed by atoms with Crippen molar-refractivity contribution in [1.29, 1.82) is 0 Å². The average molecular weight is 234 g/mol. The van der Waals surface area contributed by atoms with Gasteiger partial charge in [0.1, 0.15) is 0 Å². The molecule has 5 nitrogen and oxygen atoms in total. The van der Waals surface area contributed by atoms with E-state index in [0.717, 1.165) is 0 Å². The van der Waals surface area contributed by atoms with E-state index in [0.29, 0.717) is 23.6 Å². The van der Waals surface area contributed by atoms with Gasteiger partial charge in [0.2, 0.25) is 12.7 Å². The first-order valence-electron chi connectivity index (χ1n) is 5.27. The van der Waals surface area contributed by atoms with E-state index in [-0.39, 0.29) is 12.7 Å². The summed E-state index contributed by atoms with van der Waals surface area (Å²) in [6.45, 7) is 3.75. The summed E-state index contributed by atoms with van der Waals surface area (Å²) in [7, 11) is 0. The summed E-state index contributed by atoms with van der Waals surface area (Å²) in [5.74, 6) is 1.06. The molecule has 3 N–H and O–H groups in total. The Kier molecular flexibility index (Phi) is 3.30. The molecular formula is C12H14N2O3. The van der Waals surface area contributed by atoms with Crippen LogP contribution in [0, 0.1) is 0 Å². The van der Waals surface area contributed by atoms with E-state index in [9.17, 15) is 4.79 Å². The van der Waals surface area contributed by atoms with Crippen molar-refractivity contribution in [3.8, 4) is 11.5 Å². The Morgan fingerprint density at radius 2 is 2.29 bits per heavy atom. The maximum atomic E-state index is 11.6. The number of benzene rings is 1. The predicted octanol–water partition coefficient (Wildman–Crippen LogP) is 1.26. The molecule has 17 heavy (non-hydrogen) atoms. The maximum Gasteiger partial charge on any atom is 0.241 e. The molecule has 0 saturated carbocycles. The fourth-order valence-corrected chi connectivity index (χ4v) is 1.50. The van der Waals surface area contributed by atoms with Crippen LogP contribution in [0.25, 0.3) is 0 Å². The molecule has 0 spiro atoms. The summed E-state index contributed by atoms with van der Waals surface area (Å²) in [6.07, 6.45) is 2.06. The minimum absolute atomic E-state index is 0.211. The first kappa shape index (κ1) is 11.5. The Morgan fingerprint density at radius 1 is 1.53 bits per heavy atom. The molecule has 90 valence electrons. The monoisotopic (exact) mass is 234 g/mol. The third-order valence-electron chi connectivity index (χ3n) is 2.40. The van der Waals surface area contributed by atoms with Crippen molar-refractivity contribution in [3.05, 3.63) is 30.9 Å². The molecule has 1 atom stereocenters. The van der Waals surface area contributed by atoms with Gasteiger partial charge in [-0.2, -0.15) is 0 Å². The minimum atomic E-state index is -0.585. The van der Waals surface area contributed by atoms with Gasteiger partial charge in [0, 0.05) is 11.8 Å². The number of hydrogen-bond donors (Lipinski definition) is 2. The highest BCUT2D eigenvalue weighted by Gasteiger charge is 2.16. The van der Waals surface area contributed by atoms with Gasteiger partial charge in [-0.1, -0.05) is 6.08 Å². The van der Waals surface area contributed by atoms with Gasteiger partial charge in [-0.15, -0.1) is 6.58 Å². The lowest BCUT2D eigenvalue weighted by Crippen LogP contribution is -2.35. The SMILES string of the molecule is C=CCC(N)C(=O)Nc1ccc2c(c1)OCO2. The van der Waals surface area contributed by atoms with Crippen LogP contribution >= 0.6 is 0 Å². The predicted molar refractivity (Wildman–Crippen MR) is 64.0 cm³/mol. The normalized spacial score (nSPS) is 14.2.